The van der Waals surface area contributed by atoms with Crippen LogP contribution < -0.4 is 0 Å². The zero-order valence-electron chi connectivity index (χ0n) is 11.1. The van der Waals surface area contributed by atoms with Gasteiger partial charge in [-0.2, -0.15) is 13.2 Å². The summed E-state index contributed by atoms with van der Waals surface area (Å²) in [6.45, 7) is 5.31. The zero-order chi connectivity index (χ0) is 13.8. The highest BCUT2D eigenvalue weighted by molar-refractivity contribution is 5.88. The quantitative estimate of drug-likeness (QED) is 0.757. The van der Waals surface area contributed by atoms with E-state index in [2.05, 4.69) is 4.90 Å². The molecule has 0 aromatic carbocycles. The fraction of sp³-hybridized carbons (Fsp3) is 0.923. The van der Waals surface area contributed by atoms with Gasteiger partial charge in [-0.1, -0.05) is 13.3 Å². The first-order valence-electron chi connectivity index (χ1n) is 6.64. The molecular formula is C13H22F3NO. The summed E-state index contributed by atoms with van der Waals surface area (Å²) in [5, 5.41) is 0. The average Bonchev–Trinajstić information content (AvgIpc) is 2.35. The Morgan fingerprint density at radius 1 is 1.17 bits per heavy atom. The first-order chi connectivity index (χ1) is 8.29. The Bertz CT molecular complexity index is 284. The minimum Gasteiger partial charge on any atom is -0.298 e. The molecule has 5 heteroatoms. The Hall–Kier alpha value is -0.580. The molecule has 2 nitrogen and oxygen atoms in total. The SMILES string of the molecule is CCC(C)(C(=O)CCC(F)(F)F)N1CCCCC1. The van der Waals surface area contributed by atoms with Crippen molar-refractivity contribution in [3.05, 3.63) is 0 Å². The lowest BCUT2D eigenvalue weighted by Crippen LogP contribution is -2.54. The first-order valence-corrected chi connectivity index (χ1v) is 6.64. The highest BCUT2D eigenvalue weighted by Gasteiger charge is 2.39. The molecule has 1 unspecified atom stereocenters. The van der Waals surface area contributed by atoms with Crippen molar-refractivity contribution >= 4 is 5.78 Å². The molecule has 106 valence electrons. The van der Waals surface area contributed by atoms with E-state index >= 15 is 0 Å². The summed E-state index contributed by atoms with van der Waals surface area (Å²) in [7, 11) is 0. The summed E-state index contributed by atoms with van der Waals surface area (Å²) < 4.78 is 36.6. The summed E-state index contributed by atoms with van der Waals surface area (Å²) in [6.07, 6.45) is -1.87. The van der Waals surface area contributed by atoms with Gasteiger partial charge in [-0.05, 0) is 39.3 Å². The van der Waals surface area contributed by atoms with E-state index in [9.17, 15) is 18.0 Å². The smallest absolute Gasteiger partial charge is 0.298 e. The third kappa shape index (κ3) is 3.97. The van der Waals surface area contributed by atoms with Crippen LogP contribution in [-0.2, 0) is 4.79 Å². The van der Waals surface area contributed by atoms with Crippen LogP contribution in [0.25, 0.3) is 0 Å². The fourth-order valence-electron chi connectivity index (χ4n) is 2.51. The molecule has 1 aliphatic rings. The summed E-state index contributed by atoms with van der Waals surface area (Å²) in [5.41, 5.74) is -0.717. The van der Waals surface area contributed by atoms with Gasteiger partial charge in [0.25, 0.3) is 0 Å². The number of carbonyl (C=O) groups is 1. The number of halogens is 3. The number of piperidine rings is 1. The van der Waals surface area contributed by atoms with Gasteiger partial charge in [-0.3, -0.25) is 9.69 Å². The summed E-state index contributed by atoms with van der Waals surface area (Å²) in [4.78, 5) is 14.2. The minimum atomic E-state index is -4.24. The Kier molecular flexibility index (Phi) is 5.20. The predicted octanol–water partition coefficient (Wildman–Crippen LogP) is 3.55. The molecule has 0 aliphatic carbocycles. The molecule has 0 aromatic heterocycles. The third-order valence-corrected chi connectivity index (χ3v) is 3.98. The molecule has 1 fully saturated rings. The van der Waals surface area contributed by atoms with Crippen molar-refractivity contribution in [2.75, 3.05) is 13.1 Å². The van der Waals surface area contributed by atoms with Crippen molar-refractivity contribution in [1.29, 1.82) is 0 Å². The monoisotopic (exact) mass is 265 g/mol. The second-order valence-corrected chi connectivity index (χ2v) is 5.21. The van der Waals surface area contributed by atoms with Gasteiger partial charge in [-0.25, -0.2) is 0 Å². The Labute approximate surface area is 107 Å². The highest BCUT2D eigenvalue weighted by Crippen LogP contribution is 2.29. The van der Waals surface area contributed by atoms with Crippen molar-refractivity contribution in [2.24, 2.45) is 0 Å². The second-order valence-electron chi connectivity index (χ2n) is 5.21. The number of likely N-dealkylation sites (tertiary alicyclic amines) is 1. The van der Waals surface area contributed by atoms with Gasteiger partial charge in [-0.15, -0.1) is 0 Å². The van der Waals surface area contributed by atoms with Crippen LogP contribution in [0.3, 0.4) is 0 Å². The Morgan fingerprint density at radius 2 is 1.72 bits per heavy atom. The van der Waals surface area contributed by atoms with E-state index < -0.39 is 24.6 Å². The van der Waals surface area contributed by atoms with Gasteiger partial charge in [0.05, 0.1) is 12.0 Å². The zero-order valence-corrected chi connectivity index (χ0v) is 11.1. The maximum absolute atomic E-state index is 12.2. The minimum absolute atomic E-state index is 0.274. The van der Waals surface area contributed by atoms with Crippen LogP contribution >= 0.6 is 0 Å². The lowest BCUT2D eigenvalue weighted by molar-refractivity contribution is -0.148. The normalized spacial score (nSPS) is 21.6. The van der Waals surface area contributed by atoms with E-state index in [1.807, 2.05) is 6.92 Å². The highest BCUT2D eigenvalue weighted by atomic mass is 19.4. The molecule has 0 spiro atoms. The van der Waals surface area contributed by atoms with Gasteiger partial charge in [0.1, 0.15) is 0 Å². The number of rotatable bonds is 5. The first kappa shape index (κ1) is 15.5. The molecule has 0 bridgehead atoms. The molecule has 0 amide bonds. The second kappa shape index (κ2) is 6.04. The molecular weight excluding hydrogens is 243 g/mol. The van der Waals surface area contributed by atoms with Crippen LogP contribution in [0.4, 0.5) is 13.2 Å². The van der Waals surface area contributed by atoms with Gasteiger partial charge >= 0.3 is 6.18 Å². The number of ketones is 1. The van der Waals surface area contributed by atoms with E-state index in [-0.39, 0.29) is 5.78 Å². The van der Waals surface area contributed by atoms with Crippen LogP contribution in [0.2, 0.25) is 0 Å². The summed E-state index contributed by atoms with van der Waals surface area (Å²) in [6, 6.07) is 0. The number of Topliss-reactive ketones (excluding diaryl/α,β-unsaturated/α-hetero) is 1. The largest absolute Gasteiger partial charge is 0.389 e. The number of alkyl halides is 3. The summed E-state index contributed by atoms with van der Waals surface area (Å²) in [5.74, 6) is -0.274. The van der Waals surface area contributed by atoms with E-state index in [1.54, 1.807) is 6.92 Å². The molecule has 1 atom stereocenters. The van der Waals surface area contributed by atoms with Crippen LogP contribution in [0, 0.1) is 0 Å². The van der Waals surface area contributed by atoms with Gasteiger partial charge in [0, 0.05) is 6.42 Å². The topological polar surface area (TPSA) is 20.3 Å². The fourth-order valence-corrected chi connectivity index (χ4v) is 2.51. The molecule has 0 radical (unpaired) electrons. The number of carbonyl (C=O) groups excluding carboxylic acids is 1. The van der Waals surface area contributed by atoms with Gasteiger partial charge in [0.15, 0.2) is 5.78 Å². The van der Waals surface area contributed by atoms with Crippen molar-refractivity contribution in [2.45, 2.75) is 64.1 Å². The lowest BCUT2D eigenvalue weighted by Gasteiger charge is -2.42. The Morgan fingerprint density at radius 3 is 2.17 bits per heavy atom. The van der Waals surface area contributed by atoms with E-state index in [0.29, 0.717) is 6.42 Å². The van der Waals surface area contributed by atoms with Crippen molar-refractivity contribution in [3.8, 4) is 0 Å². The van der Waals surface area contributed by atoms with Gasteiger partial charge in [0.2, 0.25) is 0 Å². The summed E-state index contributed by atoms with van der Waals surface area (Å²) >= 11 is 0. The van der Waals surface area contributed by atoms with Crippen molar-refractivity contribution < 1.29 is 18.0 Å². The molecule has 1 rings (SSSR count). The van der Waals surface area contributed by atoms with Crippen molar-refractivity contribution in [3.63, 3.8) is 0 Å². The molecule has 0 N–H and O–H groups in total. The van der Waals surface area contributed by atoms with E-state index in [1.165, 1.54) is 0 Å². The molecule has 1 heterocycles. The van der Waals surface area contributed by atoms with Gasteiger partial charge < -0.3 is 0 Å². The van der Waals surface area contributed by atoms with Crippen LogP contribution in [0.1, 0.15) is 52.4 Å². The number of hydrogen-bond donors (Lipinski definition) is 0. The molecule has 0 saturated carbocycles. The average molecular weight is 265 g/mol. The van der Waals surface area contributed by atoms with Crippen LogP contribution in [0.15, 0.2) is 0 Å². The molecule has 0 aromatic rings. The molecule has 1 aliphatic heterocycles. The Balaban J connectivity index is 2.64. The predicted molar refractivity (Wildman–Crippen MR) is 64.4 cm³/mol. The van der Waals surface area contributed by atoms with Crippen LogP contribution in [0.5, 0.6) is 0 Å². The molecule has 1 saturated heterocycles. The third-order valence-electron chi connectivity index (χ3n) is 3.98. The van der Waals surface area contributed by atoms with E-state index in [0.717, 1.165) is 32.4 Å². The molecule has 18 heavy (non-hydrogen) atoms. The number of nitrogens with zero attached hydrogens (tertiary/aromatic N) is 1. The number of hydrogen-bond acceptors (Lipinski definition) is 2. The van der Waals surface area contributed by atoms with Crippen LogP contribution in [-0.4, -0.2) is 35.5 Å². The lowest BCUT2D eigenvalue weighted by atomic mass is 9.86. The standard InChI is InChI=1S/C13H22F3NO/c1-3-12(2,17-9-5-4-6-10-17)11(18)7-8-13(14,15)16/h3-10H2,1-2H3. The van der Waals surface area contributed by atoms with Crippen molar-refractivity contribution in [1.82, 2.24) is 4.90 Å². The maximum atomic E-state index is 12.2. The van der Waals surface area contributed by atoms with E-state index in [4.69, 9.17) is 0 Å². The maximum Gasteiger partial charge on any atom is 0.389 e.